The second-order valence-electron chi connectivity index (χ2n) is 6.76. The topological polar surface area (TPSA) is 108 Å². The van der Waals surface area contributed by atoms with Crippen LogP contribution in [0.1, 0.15) is 37.9 Å². The van der Waals surface area contributed by atoms with Gasteiger partial charge in [0.15, 0.2) is 0 Å². The fourth-order valence-electron chi connectivity index (χ4n) is 3.24. The zero-order valence-electron chi connectivity index (χ0n) is 15.4. The van der Waals surface area contributed by atoms with Crippen LogP contribution < -0.4 is 5.43 Å². The van der Waals surface area contributed by atoms with Crippen LogP contribution in [-0.2, 0) is 11.2 Å². The molecule has 0 saturated carbocycles. The molecule has 6 heteroatoms. The molecule has 0 spiro atoms. The van der Waals surface area contributed by atoms with Gasteiger partial charge in [0.2, 0.25) is 5.43 Å². The number of aliphatic carboxylic acids is 1. The summed E-state index contributed by atoms with van der Waals surface area (Å²) in [4.78, 5) is 23.7. The van der Waals surface area contributed by atoms with Crippen molar-refractivity contribution in [2.24, 2.45) is 0 Å². The van der Waals surface area contributed by atoms with E-state index in [0.29, 0.717) is 40.7 Å². The largest absolute Gasteiger partial charge is 0.508 e. The van der Waals surface area contributed by atoms with Gasteiger partial charge in [0, 0.05) is 18.9 Å². The van der Waals surface area contributed by atoms with Crippen molar-refractivity contribution >= 4 is 16.9 Å². The van der Waals surface area contributed by atoms with Gasteiger partial charge in [-0.1, -0.05) is 25.0 Å². The van der Waals surface area contributed by atoms with E-state index >= 15 is 0 Å². The summed E-state index contributed by atoms with van der Waals surface area (Å²) in [7, 11) is 0. The number of phenols is 2. The van der Waals surface area contributed by atoms with Crippen molar-refractivity contribution < 1.29 is 24.5 Å². The summed E-state index contributed by atoms with van der Waals surface area (Å²) in [6.45, 7) is 0. The number of hydrogen-bond donors (Lipinski definition) is 3. The van der Waals surface area contributed by atoms with Crippen molar-refractivity contribution in [3.05, 3.63) is 58.4 Å². The molecule has 0 aliphatic heterocycles. The third-order valence-corrected chi connectivity index (χ3v) is 4.65. The highest BCUT2D eigenvalue weighted by Crippen LogP contribution is 2.28. The first-order valence-corrected chi connectivity index (χ1v) is 9.25. The Balaban J connectivity index is 1.92. The lowest BCUT2D eigenvalue weighted by atomic mass is 9.98. The summed E-state index contributed by atoms with van der Waals surface area (Å²) in [6.07, 6.45) is 3.66. The molecule has 28 heavy (non-hydrogen) atoms. The van der Waals surface area contributed by atoms with E-state index in [4.69, 9.17) is 9.52 Å². The molecule has 0 bridgehead atoms. The van der Waals surface area contributed by atoms with Crippen molar-refractivity contribution in [3.63, 3.8) is 0 Å². The number of carbonyl (C=O) groups is 1. The summed E-state index contributed by atoms with van der Waals surface area (Å²) >= 11 is 0. The number of rotatable bonds is 8. The number of phenolic OH excluding ortho intramolecular Hbond substituents is 2. The maximum absolute atomic E-state index is 13.1. The molecule has 0 saturated heterocycles. The Kier molecular flexibility index (Phi) is 5.99. The molecular weight excluding hydrogens is 360 g/mol. The van der Waals surface area contributed by atoms with Gasteiger partial charge in [-0.25, -0.2) is 0 Å². The quantitative estimate of drug-likeness (QED) is 0.497. The average Bonchev–Trinajstić information content (AvgIpc) is 2.65. The normalized spacial score (nSPS) is 11.0. The number of aromatic hydroxyl groups is 2. The number of carboxylic acids is 1. The highest BCUT2D eigenvalue weighted by atomic mass is 16.4. The molecule has 0 atom stereocenters. The number of fused-ring (bicyclic) bond motifs is 1. The Labute approximate surface area is 161 Å². The third-order valence-electron chi connectivity index (χ3n) is 4.65. The van der Waals surface area contributed by atoms with E-state index in [0.717, 1.165) is 19.3 Å². The molecule has 2 aromatic carbocycles. The van der Waals surface area contributed by atoms with Gasteiger partial charge in [-0.15, -0.1) is 0 Å². The highest BCUT2D eigenvalue weighted by molar-refractivity contribution is 5.83. The van der Waals surface area contributed by atoms with Gasteiger partial charge >= 0.3 is 5.97 Å². The standard InChI is InChI=1S/C22H22O6/c23-15-9-7-14(8-10-15)21-18(5-3-1-2-4-6-20(25)26)28-19-13-16(24)11-12-17(19)22(21)27/h7-13,23-24H,1-6H2,(H,25,26). The van der Waals surface area contributed by atoms with Crippen LogP contribution in [0.15, 0.2) is 51.7 Å². The number of unbranched alkanes of at least 4 members (excludes halogenated alkanes) is 3. The van der Waals surface area contributed by atoms with Gasteiger partial charge in [0.1, 0.15) is 22.8 Å². The molecule has 6 nitrogen and oxygen atoms in total. The minimum atomic E-state index is -0.796. The van der Waals surface area contributed by atoms with Crippen LogP contribution in [0.2, 0.25) is 0 Å². The summed E-state index contributed by atoms with van der Waals surface area (Å²) in [5, 5.41) is 28.3. The molecule has 1 aromatic heterocycles. The van der Waals surface area contributed by atoms with Crippen molar-refractivity contribution in [2.75, 3.05) is 0 Å². The summed E-state index contributed by atoms with van der Waals surface area (Å²) in [5.41, 5.74) is 1.24. The molecule has 3 rings (SSSR count). The lowest BCUT2D eigenvalue weighted by molar-refractivity contribution is -0.137. The molecule has 3 aromatic rings. The van der Waals surface area contributed by atoms with Gasteiger partial charge < -0.3 is 19.7 Å². The second kappa shape index (κ2) is 8.61. The van der Waals surface area contributed by atoms with Gasteiger partial charge in [-0.3, -0.25) is 9.59 Å². The minimum absolute atomic E-state index is 0.0210. The van der Waals surface area contributed by atoms with E-state index < -0.39 is 5.97 Å². The highest BCUT2D eigenvalue weighted by Gasteiger charge is 2.16. The molecule has 0 radical (unpaired) electrons. The zero-order chi connectivity index (χ0) is 20.1. The van der Waals surface area contributed by atoms with Crippen LogP contribution in [0.5, 0.6) is 11.5 Å². The first-order chi connectivity index (χ1) is 13.5. The predicted octanol–water partition coefficient (Wildman–Crippen LogP) is 4.45. The van der Waals surface area contributed by atoms with Crippen LogP contribution in [0, 0.1) is 0 Å². The summed E-state index contributed by atoms with van der Waals surface area (Å²) in [5.74, 6) is -0.145. The molecule has 146 valence electrons. The van der Waals surface area contributed by atoms with Crippen LogP contribution in [0.3, 0.4) is 0 Å². The SMILES string of the molecule is O=C(O)CCCCCCc1oc2cc(O)ccc2c(=O)c1-c1ccc(O)cc1. The van der Waals surface area contributed by atoms with Crippen LogP contribution in [0.4, 0.5) is 0 Å². The maximum atomic E-state index is 13.1. The smallest absolute Gasteiger partial charge is 0.303 e. The number of benzene rings is 2. The first kappa shape index (κ1) is 19.5. The number of carboxylic acid groups (broad SMARTS) is 1. The Morgan fingerprint density at radius 1 is 0.893 bits per heavy atom. The van der Waals surface area contributed by atoms with E-state index in [2.05, 4.69) is 0 Å². The fourth-order valence-corrected chi connectivity index (χ4v) is 3.24. The van der Waals surface area contributed by atoms with Crippen LogP contribution in [0.25, 0.3) is 22.1 Å². The van der Waals surface area contributed by atoms with Gasteiger partial charge in [-0.05, 0) is 42.7 Å². The minimum Gasteiger partial charge on any atom is -0.508 e. The van der Waals surface area contributed by atoms with Crippen LogP contribution in [-0.4, -0.2) is 21.3 Å². The number of hydrogen-bond acceptors (Lipinski definition) is 5. The van der Waals surface area contributed by atoms with E-state index in [1.54, 1.807) is 12.1 Å². The van der Waals surface area contributed by atoms with Crippen molar-refractivity contribution in [1.29, 1.82) is 0 Å². The third kappa shape index (κ3) is 4.52. The Hall–Kier alpha value is -3.28. The second-order valence-corrected chi connectivity index (χ2v) is 6.76. The van der Waals surface area contributed by atoms with Crippen molar-refractivity contribution in [3.8, 4) is 22.6 Å². The predicted molar refractivity (Wildman–Crippen MR) is 106 cm³/mol. The Morgan fingerprint density at radius 3 is 2.29 bits per heavy atom. The molecule has 0 amide bonds. The van der Waals surface area contributed by atoms with Crippen molar-refractivity contribution in [1.82, 2.24) is 0 Å². The Morgan fingerprint density at radius 2 is 1.57 bits per heavy atom. The van der Waals surface area contributed by atoms with Gasteiger partial charge in [0.05, 0.1) is 10.9 Å². The molecular formula is C22H22O6. The van der Waals surface area contributed by atoms with E-state index in [1.165, 1.54) is 30.3 Å². The fraction of sp³-hybridized carbons (Fsp3) is 0.273. The zero-order valence-corrected chi connectivity index (χ0v) is 15.4. The molecule has 0 aliphatic carbocycles. The number of aryl methyl sites for hydroxylation is 1. The van der Waals surface area contributed by atoms with Gasteiger partial charge in [-0.2, -0.15) is 0 Å². The summed E-state index contributed by atoms with van der Waals surface area (Å²) in [6, 6.07) is 10.8. The Bertz CT molecular complexity index is 1030. The van der Waals surface area contributed by atoms with Crippen molar-refractivity contribution in [2.45, 2.75) is 38.5 Å². The maximum Gasteiger partial charge on any atom is 0.303 e. The van der Waals surface area contributed by atoms with Gasteiger partial charge in [0.25, 0.3) is 0 Å². The molecule has 3 N–H and O–H groups in total. The van der Waals surface area contributed by atoms with E-state index in [-0.39, 0.29) is 23.3 Å². The summed E-state index contributed by atoms with van der Waals surface area (Å²) < 4.78 is 5.97. The molecule has 0 fully saturated rings. The van der Waals surface area contributed by atoms with E-state index in [9.17, 15) is 19.8 Å². The average molecular weight is 382 g/mol. The monoisotopic (exact) mass is 382 g/mol. The lowest BCUT2D eigenvalue weighted by Gasteiger charge is -2.11. The van der Waals surface area contributed by atoms with E-state index in [1.807, 2.05) is 0 Å². The molecule has 0 aliphatic rings. The lowest BCUT2D eigenvalue weighted by Crippen LogP contribution is -2.09. The first-order valence-electron chi connectivity index (χ1n) is 9.25. The molecule has 1 heterocycles. The van der Waals surface area contributed by atoms with Crippen LogP contribution >= 0.6 is 0 Å². The molecule has 0 unspecified atom stereocenters.